The molecule has 0 spiro atoms. The first-order valence-electron chi connectivity index (χ1n) is 7.06. The Bertz CT molecular complexity index is 837. The molecule has 2 aromatic heterocycles. The molecule has 0 atom stereocenters. The summed E-state index contributed by atoms with van der Waals surface area (Å²) in [5.41, 5.74) is 4.03. The molecule has 2 heterocycles. The minimum Gasteiger partial charge on any atom is -0.326 e. The molecule has 1 amide bonds. The van der Waals surface area contributed by atoms with Gasteiger partial charge in [0.25, 0.3) is 0 Å². The Labute approximate surface area is 142 Å². The van der Waals surface area contributed by atoms with Gasteiger partial charge in [-0.15, -0.1) is 4.33 Å². The highest BCUT2D eigenvalue weighted by Gasteiger charge is 2.04. The van der Waals surface area contributed by atoms with E-state index in [2.05, 4.69) is 20.8 Å². The van der Waals surface area contributed by atoms with Gasteiger partial charge in [0.15, 0.2) is 5.82 Å². The largest absolute Gasteiger partial charge is 0.326 e. The van der Waals surface area contributed by atoms with Gasteiger partial charge in [-0.25, -0.2) is 10.5 Å². The quantitative estimate of drug-likeness (QED) is 0.306. The highest BCUT2D eigenvalue weighted by atomic mass is 32.2. The summed E-state index contributed by atoms with van der Waals surface area (Å²) in [5.74, 6) is 0.352. The van der Waals surface area contributed by atoms with Crippen LogP contribution in [0.25, 0.3) is 10.9 Å². The molecule has 0 saturated heterocycles. The normalized spacial score (nSPS) is 10.5. The molecule has 0 aliphatic heterocycles. The van der Waals surface area contributed by atoms with Crippen LogP contribution in [0, 0.1) is 0 Å². The average molecular weight is 342 g/mol. The van der Waals surface area contributed by atoms with Crippen LogP contribution < -0.4 is 10.8 Å². The Morgan fingerprint density at radius 3 is 2.71 bits per heavy atom. The van der Waals surface area contributed by atoms with Crippen LogP contribution in [0.2, 0.25) is 0 Å². The molecule has 122 valence electrons. The Balaban J connectivity index is 1.52. The number of nitrogens with one attached hydrogen (secondary N) is 2. The molecule has 0 aliphatic carbocycles. The number of carbonyl (C=O) groups excluding carboxylic acids is 1. The first-order valence-corrected chi connectivity index (χ1v) is 7.80. The van der Waals surface area contributed by atoms with Gasteiger partial charge in [-0.2, -0.15) is 0 Å². The van der Waals surface area contributed by atoms with E-state index in [-0.39, 0.29) is 5.91 Å². The number of anilines is 2. The highest BCUT2D eigenvalue weighted by molar-refractivity contribution is 7.94. The average Bonchev–Trinajstić information content (AvgIpc) is 2.60. The number of hydrogen-bond acceptors (Lipinski definition) is 7. The van der Waals surface area contributed by atoms with E-state index in [4.69, 9.17) is 9.32 Å². The predicted molar refractivity (Wildman–Crippen MR) is 91.9 cm³/mol. The molecule has 1 aromatic carbocycles. The molecular formula is C16H14N4O3S. The molecule has 0 unspecified atom stereocenters. The number of rotatable bonds is 6. The summed E-state index contributed by atoms with van der Waals surface area (Å²) in [7, 11) is 0. The number of fused-ring (bicyclic) bond motifs is 1. The van der Waals surface area contributed by atoms with Crippen molar-refractivity contribution in [3.8, 4) is 0 Å². The summed E-state index contributed by atoms with van der Waals surface area (Å²) >= 11 is 1.03. The molecule has 3 aromatic rings. The van der Waals surface area contributed by atoms with Crippen molar-refractivity contribution < 1.29 is 14.1 Å². The molecule has 0 aliphatic rings. The first kappa shape index (κ1) is 16.2. The van der Waals surface area contributed by atoms with E-state index in [0.717, 1.165) is 28.0 Å². The van der Waals surface area contributed by atoms with Gasteiger partial charge in [-0.1, -0.05) is 11.1 Å². The minimum atomic E-state index is -0.115. The van der Waals surface area contributed by atoms with Gasteiger partial charge in [0.2, 0.25) is 5.91 Å². The molecule has 0 radical (unpaired) electrons. The van der Waals surface area contributed by atoms with Crippen molar-refractivity contribution in [2.45, 2.75) is 11.8 Å². The zero-order valence-electron chi connectivity index (χ0n) is 12.7. The summed E-state index contributed by atoms with van der Waals surface area (Å²) < 4.78 is 5.04. The summed E-state index contributed by atoms with van der Waals surface area (Å²) in [4.78, 5) is 25.2. The van der Waals surface area contributed by atoms with Crippen molar-refractivity contribution in [3.05, 3.63) is 54.9 Å². The number of carbonyl (C=O) groups is 1. The lowest BCUT2D eigenvalue weighted by Crippen LogP contribution is -2.05. The third kappa shape index (κ3) is 4.19. The van der Waals surface area contributed by atoms with Crippen molar-refractivity contribution in [1.29, 1.82) is 0 Å². The van der Waals surface area contributed by atoms with E-state index in [1.807, 2.05) is 18.2 Å². The summed E-state index contributed by atoms with van der Waals surface area (Å²) in [6.07, 6.45) is 3.34. The van der Waals surface area contributed by atoms with Gasteiger partial charge in [-0.3, -0.25) is 9.78 Å². The zero-order chi connectivity index (χ0) is 16.8. The fraction of sp³-hybridized carbons (Fsp3) is 0.0625. The first-order chi connectivity index (χ1) is 11.7. The van der Waals surface area contributed by atoms with Gasteiger partial charge in [0.1, 0.15) is 5.52 Å². The monoisotopic (exact) mass is 342 g/mol. The molecule has 7 nitrogen and oxygen atoms in total. The summed E-state index contributed by atoms with van der Waals surface area (Å²) in [6, 6.07) is 12.8. The number of amides is 1. The second-order valence-corrected chi connectivity index (χ2v) is 5.55. The Kier molecular flexibility index (Phi) is 5.22. The minimum absolute atomic E-state index is 0.115. The van der Waals surface area contributed by atoms with Crippen molar-refractivity contribution in [2.24, 2.45) is 0 Å². The van der Waals surface area contributed by atoms with Crippen LogP contribution in [-0.4, -0.2) is 15.9 Å². The molecule has 0 saturated carbocycles. The molecule has 2 N–H and O–H groups in total. The van der Waals surface area contributed by atoms with Crippen molar-refractivity contribution >= 4 is 40.4 Å². The van der Waals surface area contributed by atoms with E-state index in [1.165, 1.54) is 6.92 Å². The van der Waals surface area contributed by atoms with Gasteiger partial charge in [0, 0.05) is 35.3 Å². The second kappa shape index (κ2) is 7.73. The van der Waals surface area contributed by atoms with Crippen LogP contribution in [0.1, 0.15) is 6.92 Å². The Morgan fingerprint density at radius 2 is 1.92 bits per heavy atom. The maximum absolute atomic E-state index is 11.0. The van der Waals surface area contributed by atoms with E-state index in [9.17, 15) is 4.79 Å². The van der Waals surface area contributed by atoms with Gasteiger partial charge >= 0.3 is 0 Å². The molecule has 0 bridgehead atoms. The van der Waals surface area contributed by atoms with E-state index in [1.54, 1.807) is 36.7 Å². The molecule has 3 rings (SSSR count). The number of pyridine rings is 2. The lowest BCUT2D eigenvalue weighted by Gasteiger charge is -2.07. The number of benzene rings is 1. The second-order valence-electron chi connectivity index (χ2n) is 4.78. The lowest BCUT2D eigenvalue weighted by molar-refractivity contribution is -0.161. The highest BCUT2D eigenvalue weighted by Crippen LogP contribution is 2.23. The Morgan fingerprint density at radius 1 is 1.08 bits per heavy atom. The van der Waals surface area contributed by atoms with Crippen LogP contribution in [0.4, 0.5) is 11.5 Å². The number of hydrogen-bond donors (Lipinski definition) is 2. The molecule has 0 fully saturated rings. The molecule has 8 heteroatoms. The van der Waals surface area contributed by atoms with Crippen LogP contribution in [0.3, 0.4) is 0 Å². The fourth-order valence-electron chi connectivity index (χ4n) is 1.99. The van der Waals surface area contributed by atoms with Gasteiger partial charge in [0.05, 0.1) is 12.0 Å². The third-order valence-electron chi connectivity index (χ3n) is 3.00. The van der Waals surface area contributed by atoms with Gasteiger partial charge < -0.3 is 5.32 Å². The maximum atomic E-state index is 11.0. The standard InChI is InChI=1S/C16H14N4O3S/c1-11(21)19-13-4-6-14(7-5-13)24-23-22-20-16-15-12(8-10-18-16)3-2-9-17-15/h2-10H,1H3,(H,18,20)(H,19,21). The summed E-state index contributed by atoms with van der Waals surface area (Å²) in [6.45, 7) is 1.46. The molecular weight excluding hydrogens is 328 g/mol. The maximum Gasteiger partial charge on any atom is 0.221 e. The van der Waals surface area contributed by atoms with Crippen LogP contribution in [0.15, 0.2) is 59.8 Å². The topological polar surface area (TPSA) is 85.4 Å². The van der Waals surface area contributed by atoms with Crippen LogP contribution in [0.5, 0.6) is 0 Å². The van der Waals surface area contributed by atoms with Crippen LogP contribution >= 0.6 is 12.0 Å². The molecule has 24 heavy (non-hydrogen) atoms. The van der Waals surface area contributed by atoms with Crippen LogP contribution in [-0.2, 0) is 14.1 Å². The fourth-order valence-corrected chi connectivity index (χ4v) is 2.38. The zero-order valence-corrected chi connectivity index (χ0v) is 13.5. The number of aromatic nitrogens is 2. The summed E-state index contributed by atoms with van der Waals surface area (Å²) in [5, 5.41) is 3.63. The van der Waals surface area contributed by atoms with Crippen molar-refractivity contribution in [1.82, 2.24) is 9.97 Å². The van der Waals surface area contributed by atoms with Crippen molar-refractivity contribution in [2.75, 3.05) is 10.8 Å². The SMILES string of the molecule is CC(=O)Nc1ccc(SOONc2nccc3cccnc23)cc1. The Hall–Kier alpha value is -2.68. The number of nitrogens with zero attached hydrogens (tertiary/aromatic N) is 2. The smallest absolute Gasteiger partial charge is 0.221 e. The van der Waals surface area contributed by atoms with Gasteiger partial charge in [-0.05, 0) is 36.4 Å². The van der Waals surface area contributed by atoms with E-state index < -0.39 is 0 Å². The lowest BCUT2D eigenvalue weighted by atomic mass is 10.2. The van der Waals surface area contributed by atoms with E-state index in [0.29, 0.717) is 11.3 Å². The van der Waals surface area contributed by atoms with Crippen molar-refractivity contribution in [3.63, 3.8) is 0 Å². The predicted octanol–water partition coefficient (Wildman–Crippen LogP) is 3.57. The third-order valence-corrected chi connectivity index (χ3v) is 3.60. The van der Waals surface area contributed by atoms with E-state index >= 15 is 0 Å².